The molecule has 142 valence electrons. The van der Waals surface area contributed by atoms with Gasteiger partial charge in [0, 0.05) is 29.2 Å². The predicted molar refractivity (Wildman–Crippen MR) is 96.8 cm³/mol. The molecule has 0 bridgehead atoms. The van der Waals surface area contributed by atoms with Crippen LogP contribution in [0.3, 0.4) is 0 Å². The molecule has 0 aliphatic carbocycles. The van der Waals surface area contributed by atoms with Crippen molar-refractivity contribution in [2.45, 2.75) is 19.4 Å². The molecule has 1 aromatic carbocycles. The lowest BCUT2D eigenvalue weighted by molar-refractivity contribution is -0.138. The maximum atomic E-state index is 12.2. The molecule has 0 fully saturated rings. The van der Waals surface area contributed by atoms with Crippen molar-refractivity contribution in [3.05, 3.63) is 45.6 Å². The summed E-state index contributed by atoms with van der Waals surface area (Å²) >= 11 is 11.8. The topological polar surface area (TPSA) is 142 Å². The summed E-state index contributed by atoms with van der Waals surface area (Å²) in [5, 5.41) is 24.0. The van der Waals surface area contributed by atoms with Gasteiger partial charge < -0.3 is 15.5 Å². The monoisotopic (exact) mass is 412 g/mol. The first-order valence-corrected chi connectivity index (χ1v) is 8.31. The van der Waals surface area contributed by atoms with Gasteiger partial charge in [-0.2, -0.15) is 4.98 Å². The quantitative estimate of drug-likeness (QED) is 0.545. The molecule has 2 rings (SSSR count). The molecular weight excluding hydrogens is 399 g/mol. The Morgan fingerprint density at radius 3 is 2.52 bits per heavy atom. The van der Waals surface area contributed by atoms with Gasteiger partial charge in [-0.25, -0.2) is 4.98 Å². The summed E-state index contributed by atoms with van der Waals surface area (Å²) in [5.74, 6) is -3.30. The highest BCUT2D eigenvalue weighted by atomic mass is 35.5. The summed E-state index contributed by atoms with van der Waals surface area (Å²) in [6, 6.07) is 4.81. The van der Waals surface area contributed by atoms with Gasteiger partial charge in [0.2, 0.25) is 17.7 Å². The number of hydrogen-bond acceptors (Lipinski definition) is 6. The zero-order valence-electron chi connectivity index (χ0n) is 13.7. The number of aromatic hydroxyl groups is 1. The number of carbonyl (C=O) groups excluding carboxylic acids is 2. The van der Waals surface area contributed by atoms with E-state index in [4.69, 9.17) is 28.3 Å². The van der Waals surface area contributed by atoms with Gasteiger partial charge in [-0.1, -0.05) is 29.3 Å². The summed E-state index contributed by atoms with van der Waals surface area (Å²) in [6.07, 6.45) is 0.406. The van der Waals surface area contributed by atoms with Crippen LogP contribution in [0.1, 0.15) is 28.8 Å². The number of anilines is 1. The summed E-state index contributed by atoms with van der Waals surface area (Å²) < 4.78 is 0. The van der Waals surface area contributed by atoms with E-state index in [1.807, 2.05) is 0 Å². The highest BCUT2D eigenvalue weighted by molar-refractivity contribution is 6.35. The third-order valence-electron chi connectivity index (χ3n) is 3.28. The van der Waals surface area contributed by atoms with Crippen molar-refractivity contribution in [1.29, 1.82) is 0 Å². The van der Waals surface area contributed by atoms with Crippen LogP contribution in [0.2, 0.25) is 10.0 Å². The Labute approximate surface area is 163 Å². The molecule has 27 heavy (non-hydrogen) atoms. The number of halogens is 2. The third-order valence-corrected chi connectivity index (χ3v) is 3.87. The van der Waals surface area contributed by atoms with Crippen LogP contribution >= 0.6 is 23.2 Å². The van der Waals surface area contributed by atoms with Gasteiger partial charge in [0.15, 0.2) is 0 Å². The van der Waals surface area contributed by atoms with Crippen LogP contribution in [0.4, 0.5) is 5.95 Å². The standard InChI is InChI=1S/C16H14Cl2N4O5/c17-9-2-1-8(11(18)5-9)6-19-14(26)10-7-20-16(22-15(10)27)21-12(23)3-4-13(24)25/h1-2,5,7H,3-4,6H2,(H,19,26)(H,24,25)(H2,20,21,22,23,27). The Bertz CT molecular complexity index is 891. The number of amides is 2. The average molecular weight is 413 g/mol. The van der Waals surface area contributed by atoms with E-state index in [9.17, 15) is 19.5 Å². The Kier molecular flexibility index (Phi) is 6.91. The average Bonchev–Trinajstić information content (AvgIpc) is 2.59. The molecule has 4 N–H and O–H groups in total. The fraction of sp³-hybridized carbons (Fsp3) is 0.188. The Morgan fingerprint density at radius 2 is 1.89 bits per heavy atom. The van der Waals surface area contributed by atoms with Crippen LogP contribution in [-0.4, -0.2) is 38.0 Å². The molecule has 0 saturated heterocycles. The van der Waals surface area contributed by atoms with E-state index in [2.05, 4.69) is 20.6 Å². The Hall–Kier alpha value is -2.91. The number of rotatable bonds is 7. The molecular formula is C16H14Cl2N4O5. The van der Waals surface area contributed by atoms with Gasteiger partial charge in [0.05, 0.1) is 6.42 Å². The molecule has 11 heteroatoms. The van der Waals surface area contributed by atoms with Gasteiger partial charge in [0.1, 0.15) is 5.56 Å². The summed E-state index contributed by atoms with van der Waals surface area (Å²) in [5.41, 5.74) is 0.417. The van der Waals surface area contributed by atoms with E-state index >= 15 is 0 Å². The molecule has 0 atom stereocenters. The van der Waals surface area contributed by atoms with Crippen molar-refractivity contribution in [3.63, 3.8) is 0 Å². The summed E-state index contributed by atoms with van der Waals surface area (Å²) in [4.78, 5) is 41.5. The maximum Gasteiger partial charge on any atom is 0.303 e. The molecule has 2 amide bonds. The Morgan fingerprint density at radius 1 is 1.15 bits per heavy atom. The van der Waals surface area contributed by atoms with E-state index in [0.717, 1.165) is 6.20 Å². The number of benzene rings is 1. The van der Waals surface area contributed by atoms with Gasteiger partial charge in [-0.05, 0) is 17.7 Å². The van der Waals surface area contributed by atoms with Gasteiger partial charge in [-0.15, -0.1) is 0 Å². The van der Waals surface area contributed by atoms with Crippen LogP contribution in [0.25, 0.3) is 0 Å². The molecule has 0 aliphatic rings. The SMILES string of the molecule is O=C(O)CCC(=O)Nc1ncc(C(=O)NCc2ccc(Cl)cc2Cl)c(O)n1. The molecule has 0 unspecified atom stereocenters. The fourth-order valence-electron chi connectivity index (χ4n) is 1.94. The van der Waals surface area contributed by atoms with E-state index in [1.165, 1.54) is 6.07 Å². The first-order valence-electron chi connectivity index (χ1n) is 7.56. The molecule has 0 radical (unpaired) electrons. The minimum Gasteiger partial charge on any atom is -0.493 e. The second-order valence-corrected chi connectivity index (χ2v) is 6.13. The predicted octanol–water partition coefficient (Wildman–Crippen LogP) is 2.22. The number of aliphatic carboxylic acids is 1. The van der Waals surface area contributed by atoms with E-state index in [1.54, 1.807) is 12.1 Å². The molecule has 1 heterocycles. The van der Waals surface area contributed by atoms with E-state index in [-0.39, 0.29) is 30.9 Å². The number of aromatic nitrogens is 2. The van der Waals surface area contributed by atoms with Crippen molar-refractivity contribution < 1.29 is 24.6 Å². The zero-order valence-corrected chi connectivity index (χ0v) is 15.2. The molecule has 0 saturated carbocycles. The lowest BCUT2D eigenvalue weighted by Gasteiger charge is -2.09. The van der Waals surface area contributed by atoms with Crippen molar-refractivity contribution in [3.8, 4) is 5.88 Å². The van der Waals surface area contributed by atoms with Gasteiger partial charge >= 0.3 is 5.97 Å². The van der Waals surface area contributed by atoms with Crippen molar-refractivity contribution in [2.24, 2.45) is 0 Å². The minimum absolute atomic E-state index is 0.0853. The largest absolute Gasteiger partial charge is 0.493 e. The van der Waals surface area contributed by atoms with Gasteiger partial charge in [-0.3, -0.25) is 19.7 Å². The van der Waals surface area contributed by atoms with Crippen molar-refractivity contribution >= 4 is 46.9 Å². The molecule has 0 aliphatic heterocycles. The van der Waals surface area contributed by atoms with Crippen molar-refractivity contribution in [2.75, 3.05) is 5.32 Å². The van der Waals surface area contributed by atoms with Crippen LogP contribution in [-0.2, 0) is 16.1 Å². The summed E-state index contributed by atoms with van der Waals surface area (Å²) in [7, 11) is 0. The van der Waals surface area contributed by atoms with Crippen molar-refractivity contribution in [1.82, 2.24) is 15.3 Å². The van der Waals surface area contributed by atoms with Crippen LogP contribution < -0.4 is 10.6 Å². The van der Waals surface area contributed by atoms with Crippen LogP contribution in [0, 0.1) is 0 Å². The molecule has 0 spiro atoms. The third kappa shape index (κ3) is 6.08. The highest BCUT2D eigenvalue weighted by Crippen LogP contribution is 2.21. The number of carbonyl (C=O) groups is 3. The number of nitrogens with one attached hydrogen (secondary N) is 2. The fourth-order valence-corrected chi connectivity index (χ4v) is 2.41. The molecule has 2 aromatic rings. The first-order chi connectivity index (χ1) is 12.8. The van der Waals surface area contributed by atoms with Gasteiger partial charge in [0.25, 0.3) is 5.91 Å². The Balaban J connectivity index is 1.98. The van der Waals surface area contributed by atoms with Crippen LogP contribution in [0.15, 0.2) is 24.4 Å². The lowest BCUT2D eigenvalue weighted by Crippen LogP contribution is -2.24. The van der Waals surface area contributed by atoms with E-state index in [0.29, 0.717) is 15.6 Å². The number of nitrogens with zero attached hydrogens (tertiary/aromatic N) is 2. The highest BCUT2D eigenvalue weighted by Gasteiger charge is 2.16. The number of carboxylic acids is 1. The maximum absolute atomic E-state index is 12.2. The smallest absolute Gasteiger partial charge is 0.303 e. The second-order valence-electron chi connectivity index (χ2n) is 5.29. The first kappa shape index (κ1) is 20.4. The van der Waals surface area contributed by atoms with E-state index < -0.39 is 23.7 Å². The second kappa shape index (κ2) is 9.15. The number of hydrogen-bond donors (Lipinski definition) is 4. The molecule has 1 aromatic heterocycles. The lowest BCUT2D eigenvalue weighted by atomic mass is 10.2. The zero-order chi connectivity index (χ0) is 20.0. The molecule has 9 nitrogen and oxygen atoms in total. The number of carboxylic acid groups (broad SMARTS) is 1. The minimum atomic E-state index is -1.12. The van der Waals surface area contributed by atoms with Crippen LogP contribution in [0.5, 0.6) is 5.88 Å². The summed E-state index contributed by atoms with van der Waals surface area (Å²) in [6.45, 7) is 0.0853. The normalized spacial score (nSPS) is 10.3.